The van der Waals surface area contributed by atoms with Crippen LogP contribution in [-0.4, -0.2) is 18.7 Å². The number of nitrogens with two attached hydrogens (primary N) is 1. The number of nitrogens with zero attached hydrogens (tertiary/aromatic N) is 1. The molecular formula is C14H16N2O2. The molecule has 0 saturated carbocycles. The molecule has 0 unspecified atom stereocenters. The van der Waals surface area contributed by atoms with Crippen molar-refractivity contribution >= 4 is 5.69 Å². The normalized spacial score (nSPS) is 10.1. The van der Waals surface area contributed by atoms with E-state index in [0.717, 1.165) is 17.9 Å². The summed E-state index contributed by atoms with van der Waals surface area (Å²) in [4.78, 5) is 4.23. The number of pyridine rings is 1. The quantitative estimate of drug-likeness (QED) is 0.820. The number of rotatable bonds is 5. The van der Waals surface area contributed by atoms with E-state index in [1.54, 1.807) is 31.5 Å². The van der Waals surface area contributed by atoms with Gasteiger partial charge in [0.2, 0.25) is 0 Å². The average Bonchev–Trinajstić information content (AvgIpc) is 2.42. The number of aromatic nitrogens is 1. The summed E-state index contributed by atoms with van der Waals surface area (Å²) in [7, 11) is 1.61. The molecule has 4 nitrogen and oxygen atoms in total. The van der Waals surface area contributed by atoms with Gasteiger partial charge in [0.1, 0.15) is 11.5 Å². The maximum Gasteiger partial charge on any atom is 0.145 e. The molecule has 4 heteroatoms. The monoisotopic (exact) mass is 244 g/mol. The van der Waals surface area contributed by atoms with E-state index in [-0.39, 0.29) is 0 Å². The maximum absolute atomic E-state index is 5.83. The van der Waals surface area contributed by atoms with Gasteiger partial charge in [0.25, 0.3) is 0 Å². The maximum atomic E-state index is 5.83. The van der Waals surface area contributed by atoms with Gasteiger partial charge in [0, 0.05) is 24.4 Å². The Hall–Kier alpha value is -2.23. The summed E-state index contributed by atoms with van der Waals surface area (Å²) in [5.74, 6) is 1.38. The number of hydrogen-bond acceptors (Lipinski definition) is 4. The van der Waals surface area contributed by atoms with Crippen molar-refractivity contribution in [2.75, 3.05) is 19.5 Å². The molecule has 0 saturated heterocycles. The molecule has 2 rings (SSSR count). The highest BCUT2D eigenvalue weighted by molar-refractivity contribution is 5.55. The lowest BCUT2D eigenvalue weighted by molar-refractivity contribution is 0.319. The van der Waals surface area contributed by atoms with Crippen molar-refractivity contribution in [2.45, 2.75) is 6.42 Å². The third kappa shape index (κ3) is 3.13. The van der Waals surface area contributed by atoms with E-state index in [2.05, 4.69) is 4.98 Å². The SMILES string of the molecule is COc1ccc(N)c(OCCc2ccccn2)c1. The summed E-state index contributed by atoms with van der Waals surface area (Å²) < 4.78 is 10.8. The van der Waals surface area contributed by atoms with Gasteiger partial charge in [-0.25, -0.2) is 0 Å². The summed E-state index contributed by atoms with van der Waals surface area (Å²) in [6.07, 6.45) is 2.52. The lowest BCUT2D eigenvalue weighted by Gasteiger charge is -2.10. The molecule has 0 bridgehead atoms. The van der Waals surface area contributed by atoms with E-state index in [1.807, 2.05) is 18.2 Å². The van der Waals surface area contributed by atoms with E-state index < -0.39 is 0 Å². The molecule has 0 radical (unpaired) electrons. The van der Waals surface area contributed by atoms with Crippen LogP contribution < -0.4 is 15.2 Å². The van der Waals surface area contributed by atoms with Crippen LogP contribution in [0.5, 0.6) is 11.5 Å². The van der Waals surface area contributed by atoms with Crippen LogP contribution in [0.25, 0.3) is 0 Å². The van der Waals surface area contributed by atoms with E-state index in [9.17, 15) is 0 Å². The molecule has 0 fully saturated rings. The minimum absolute atomic E-state index is 0.536. The highest BCUT2D eigenvalue weighted by Gasteiger charge is 2.03. The number of benzene rings is 1. The summed E-state index contributed by atoms with van der Waals surface area (Å²) in [5.41, 5.74) is 7.43. The number of methoxy groups -OCH3 is 1. The zero-order valence-corrected chi connectivity index (χ0v) is 10.3. The first-order valence-corrected chi connectivity index (χ1v) is 5.76. The Morgan fingerprint density at radius 3 is 2.83 bits per heavy atom. The first kappa shape index (κ1) is 12.2. The molecule has 2 N–H and O–H groups in total. The van der Waals surface area contributed by atoms with Crippen molar-refractivity contribution in [1.29, 1.82) is 0 Å². The highest BCUT2D eigenvalue weighted by Crippen LogP contribution is 2.26. The topological polar surface area (TPSA) is 57.4 Å². The van der Waals surface area contributed by atoms with Gasteiger partial charge in [-0.3, -0.25) is 4.98 Å². The van der Waals surface area contributed by atoms with Crippen molar-refractivity contribution in [1.82, 2.24) is 4.98 Å². The molecule has 1 heterocycles. The first-order valence-electron chi connectivity index (χ1n) is 5.76. The van der Waals surface area contributed by atoms with Gasteiger partial charge in [0.15, 0.2) is 0 Å². The van der Waals surface area contributed by atoms with Crippen LogP contribution in [0.4, 0.5) is 5.69 Å². The van der Waals surface area contributed by atoms with Gasteiger partial charge < -0.3 is 15.2 Å². The summed E-state index contributed by atoms with van der Waals surface area (Å²) >= 11 is 0. The smallest absolute Gasteiger partial charge is 0.145 e. The third-order valence-corrected chi connectivity index (χ3v) is 2.56. The van der Waals surface area contributed by atoms with Gasteiger partial charge in [-0.2, -0.15) is 0 Å². The molecule has 1 aromatic carbocycles. The second-order valence-corrected chi connectivity index (χ2v) is 3.82. The van der Waals surface area contributed by atoms with Crippen molar-refractivity contribution in [3.05, 3.63) is 48.3 Å². The van der Waals surface area contributed by atoms with Gasteiger partial charge in [-0.15, -0.1) is 0 Å². The number of nitrogen functional groups attached to an aromatic ring is 1. The summed E-state index contributed by atoms with van der Waals surface area (Å²) in [6.45, 7) is 0.536. The van der Waals surface area contributed by atoms with Crippen molar-refractivity contribution in [3.8, 4) is 11.5 Å². The number of hydrogen-bond donors (Lipinski definition) is 1. The third-order valence-electron chi connectivity index (χ3n) is 2.56. The Morgan fingerprint density at radius 2 is 2.11 bits per heavy atom. The Labute approximate surface area is 106 Å². The van der Waals surface area contributed by atoms with Crippen molar-refractivity contribution in [3.63, 3.8) is 0 Å². The predicted molar refractivity (Wildman–Crippen MR) is 70.8 cm³/mol. The van der Waals surface area contributed by atoms with E-state index in [4.69, 9.17) is 15.2 Å². The molecule has 0 spiro atoms. The second kappa shape index (κ2) is 5.91. The Balaban J connectivity index is 1.94. The van der Waals surface area contributed by atoms with Crippen LogP contribution in [0.3, 0.4) is 0 Å². The van der Waals surface area contributed by atoms with Crippen LogP contribution in [0.1, 0.15) is 5.69 Å². The Bertz CT molecular complexity index is 500. The lowest BCUT2D eigenvalue weighted by Crippen LogP contribution is -2.04. The fourth-order valence-electron chi connectivity index (χ4n) is 1.58. The van der Waals surface area contributed by atoms with E-state index in [1.165, 1.54) is 0 Å². The first-order chi connectivity index (χ1) is 8.79. The summed E-state index contributed by atoms with van der Waals surface area (Å²) in [6, 6.07) is 11.2. The minimum atomic E-state index is 0.536. The molecule has 0 atom stereocenters. The lowest BCUT2D eigenvalue weighted by atomic mass is 10.2. The molecule has 0 aliphatic carbocycles. The molecular weight excluding hydrogens is 228 g/mol. The molecule has 0 aliphatic heterocycles. The number of anilines is 1. The van der Waals surface area contributed by atoms with Gasteiger partial charge >= 0.3 is 0 Å². The van der Waals surface area contributed by atoms with Crippen molar-refractivity contribution < 1.29 is 9.47 Å². The van der Waals surface area contributed by atoms with E-state index >= 15 is 0 Å². The largest absolute Gasteiger partial charge is 0.497 e. The molecule has 2 aromatic rings. The van der Waals surface area contributed by atoms with Gasteiger partial charge in [-0.05, 0) is 24.3 Å². The molecule has 94 valence electrons. The van der Waals surface area contributed by atoms with Gasteiger partial charge in [-0.1, -0.05) is 6.07 Å². The van der Waals surface area contributed by atoms with E-state index in [0.29, 0.717) is 18.0 Å². The average molecular weight is 244 g/mol. The minimum Gasteiger partial charge on any atom is -0.497 e. The number of ether oxygens (including phenoxy) is 2. The Kier molecular flexibility index (Phi) is 4.02. The fourth-order valence-corrected chi connectivity index (χ4v) is 1.58. The second-order valence-electron chi connectivity index (χ2n) is 3.82. The molecule has 1 aromatic heterocycles. The molecule has 18 heavy (non-hydrogen) atoms. The van der Waals surface area contributed by atoms with Crippen LogP contribution >= 0.6 is 0 Å². The van der Waals surface area contributed by atoms with Crippen molar-refractivity contribution in [2.24, 2.45) is 0 Å². The standard InChI is InChI=1S/C14H16N2O2/c1-17-12-5-6-13(15)14(10-12)18-9-7-11-4-2-3-8-16-11/h2-6,8,10H,7,9,15H2,1H3. The predicted octanol–water partition coefficient (Wildman–Crippen LogP) is 2.29. The van der Waals surface area contributed by atoms with Gasteiger partial charge in [0.05, 0.1) is 19.4 Å². The van der Waals surface area contributed by atoms with Crippen LogP contribution in [0.2, 0.25) is 0 Å². The zero-order chi connectivity index (χ0) is 12.8. The molecule has 0 aliphatic rings. The highest BCUT2D eigenvalue weighted by atomic mass is 16.5. The zero-order valence-electron chi connectivity index (χ0n) is 10.3. The fraction of sp³-hybridized carbons (Fsp3) is 0.214. The summed E-state index contributed by atoms with van der Waals surface area (Å²) in [5, 5.41) is 0. The molecule has 0 amide bonds. The van der Waals surface area contributed by atoms with Crippen LogP contribution in [0.15, 0.2) is 42.6 Å². The Morgan fingerprint density at radius 1 is 1.22 bits per heavy atom. The van der Waals surface area contributed by atoms with Crippen LogP contribution in [0, 0.1) is 0 Å². The van der Waals surface area contributed by atoms with Crippen LogP contribution in [-0.2, 0) is 6.42 Å².